The zero-order valence-corrected chi connectivity index (χ0v) is 23.1. The van der Waals surface area contributed by atoms with Crippen molar-refractivity contribution < 1.29 is 28.6 Å². The molecule has 0 saturated heterocycles. The van der Waals surface area contributed by atoms with Gasteiger partial charge < -0.3 is 30.2 Å². The van der Waals surface area contributed by atoms with Crippen LogP contribution < -0.4 is 16.0 Å². The van der Waals surface area contributed by atoms with Gasteiger partial charge in [-0.1, -0.05) is 73.3 Å². The monoisotopic (exact) mass is 557 g/mol. The third-order valence-electron chi connectivity index (χ3n) is 6.66. The third kappa shape index (κ3) is 7.95. The van der Waals surface area contributed by atoms with Crippen molar-refractivity contribution in [3.05, 3.63) is 102 Å². The number of nitrogens with one attached hydrogen (secondary N) is 3. The van der Waals surface area contributed by atoms with Gasteiger partial charge in [0.15, 0.2) is 6.10 Å². The molecular formula is C32H35N3O6. The van der Waals surface area contributed by atoms with E-state index in [9.17, 15) is 14.4 Å². The predicted octanol–water partition coefficient (Wildman–Crippen LogP) is 5.72. The predicted molar refractivity (Wildman–Crippen MR) is 156 cm³/mol. The lowest BCUT2D eigenvalue weighted by Gasteiger charge is -2.19. The molecule has 3 N–H and O–H groups in total. The number of benzene rings is 3. The van der Waals surface area contributed by atoms with Crippen LogP contribution in [0, 0.1) is 0 Å². The van der Waals surface area contributed by atoms with Crippen molar-refractivity contribution >= 4 is 23.8 Å². The largest absolute Gasteiger partial charge is 0.445 e. The first-order chi connectivity index (χ1) is 20.0. The minimum Gasteiger partial charge on any atom is -0.445 e. The number of carbonyl (C=O) groups excluding carboxylic acids is 3. The molecule has 3 aromatic rings. The quantitative estimate of drug-likeness (QED) is 0.183. The van der Waals surface area contributed by atoms with Gasteiger partial charge >= 0.3 is 12.2 Å². The summed E-state index contributed by atoms with van der Waals surface area (Å²) >= 11 is 0. The second-order valence-corrected chi connectivity index (χ2v) is 9.59. The van der Waals surface area contributed by atoms with E-state index in [4.69, 9.17) is 14.2 Å². The summed E-state index contributed by atoms with van der Waals surface area (Å²) < 4.78 is 15.9. The van der Waals surface area contributed by atoms with Crippen LogP contribution in [0.15, 0.2) is 85.5 Å². The molecule has 0 radical (unpaired) electrons. The van der Waals surface area contributed by atoms with E-state index >= 15 is 0 Å². The SMILES string of the molecule is C=CCOC(=O)N[C@@H](CCCCNC(=O)OC1c2ccccc2-c2ccccc21)C(=O)Nc1ccc(COC)cc1. The summed E-state index contributed by atoms with van der Waals surface area (Å²) in [5.41, 5.74) is 5.62. The van der Waals surface area contributed by atoms with Gasteiger partial charge in [-0.3, -0.25) is 4.79 Å². The molecule has 0 aliphatic heterocycles. The Morgan fingerprint density at radius 1 is 0.902 bits per heavy atom. The number of alkyl carbamates (subject to hydrolysis) is 2. The molecule has 0 fully saturated rings. The van der Waals surface area contributed by atoms with Crippen molar-refractivity contribution in [1.29, 1.82) is 0 Å². The number of hydrogen-bond donors (Lipinski definition) is 3. The van der Waals surface area contributed by atoms with Crippen LogP contribution in [0.1, 0.15) is 42.1 Å². The van der Waals surface area contributed by atoms with Gasteiger partial charge in [0.05, 0.1) is 6.61 Å². The summed E-state index contributed by atoms with van der Waals surface area (Å²) in [4.78, 5) is 37.8. The van der Waals surface area contributed by atoms with Gasteiger partial charge in [0.25, 0.3) is 0 Å². The van der Waals surface area contributed by atoms with Crippen LogP contribution in [-0.4, -0.2) is 44.4 Å². The first-order valence-corrected chi connectivity index (χ1v) is 13.6. The second kappa shape index (κ2) is 14.7. The Balaban J connectivity index is 1.27. The Labute approximate surface area is 239 Å². The molecule has 1 aliphatic carbocycles. The molecule has 0 unspecified atom stereocenters. The summed E-state index contributed by atoms with van der Waals surface area (Å²) in [5, 5.41) is 8.25. The Morgan fingerprint density at radius 3 is 2.20 bits per heavy atom. The van der Waals surface area contributed by atoms with E-state index in [1.807, 2.05) is 60.7 Å². The molecule has 3 aromatic carbocycles. The van der Waals surface area contributed by atoms with Gasteiger partial charge in [-0.25, -0.2) is 9.59 Å². The fraction of sp³-hybridized carbons (Fsp3) is 0.281. The number of methoxy groups -OCH3 is 1. The number of unbranched alkanes of at least 4 members (excludes halogenated alkanes) is 1. The molecule has 1 atom stereocenters. The van der Waals surface area contributed by atoms with E-state index in [0.717, 1.165) is 27.8 Å². The fourth-order valence-electron chi connectivity index (χ4n) is 4.72. The lowest BCUT2D eigenvalue weighted by atomic mass is 10.1. The molecule has 1 aliphatic rings. The van der Waals surface area contributed by atoms with Crippen molar-refractivity contribution in [2.24, 2.45) is 0 Å². The molecule has 3 amide bonds. The number of hydrogen-bond acceptors (Lipinski definition) is 6. The van der Waals surface area contributed by atoms with Crippen LogP contribution in [0.3, 0.4) is 0 Å². The Morgan fingerprint density at radius 2 is 1.56 bits per heavy atom. The molecule has 9 nitrogen and oxygen atoms in total. The molecule has 4 rings (SSSR count). The molecule has 0 bridgehead atoms. The molecule has 41 heavy (non-hydrogen) atoms. The van der Waals surface area contributed by atoms with Crippen molar-refractivity contribution in [2.45, 2.75) is 38.0 Å². The van der Waals surface area contributed by atoms with Gasteiger partial charge in [0.1, 0.15) is 12.6 Å². The standard InChI is InChI=1S/C32H35N3O6/c1-3-20-40-32(38)35-28(30(36)34-23-17-15-22(16-18-23)21-39-2)14-8-9-19-33-31(37)41-29-26-12-6-4-10-24(26)25-11-5-7-13-27(25)29/h3-7,10-13,15-18,28-29H,1,8-9,14,19-21H2,2H3,(H,33,37)(H,34,36)(H,35,38)/t28-/m0/s1. The fourth-order valence-corrected chi connectivity index (χ4v) is 4.72. The van der Waals surface area contributed by atoms with E-state index in [1.165, 1.54) is 6.08 Å². The van der Waals surface area contributed by atoms with Crippen molar-refractivity contribution in [1.82, 2.24) is 10.6 Å². The number of anilines is 1. The van der Waals surface area contributed by atoms with Crippen LogP contribution >= 0.6 is 0 Å². The average Bonchev–Trinajstić information content (AvgIpc) is 3.29. The molecule has 214 valence electrons. The summed E-state index contributed by atoms with van der Waals surface area (Å²) in [6.07, 6.45) is 1.23. The Bertz CT molecular complexity index is 1310. The summed E-state index contributed by atoms with van der Waals surface area (Å²) in [5.74, 6) is -0.369. The highest BCUT2D eigenvalue weighted by Crippen LogP contribution is 2.44. The van der Waals surface area contributed by atoms with Crippen LogP contribution in [-0.2, 0) is 25.6 Å². The molecular weight excluding hydrogens is 522 g/mol. The number of carbonyl (C=O) groups is 3. The van der Waals surface area contributed by atoms with Crippen LogP contribution in [0.2, 0.25) is 0 Å². The summed E-state index contributed by atoms with van der Waals surface area (Å²) in [7, 11) is 1.61. The maximum Gasteiger partial charge on any atom is 0.408 e. The maximum atomic E-state index is 13.0. The number of rotatable bonds is 13. The van der Waals surface area contributed by atoms with Gasteiger partial charge in [-0.2, -0.15) is 0 Å². The summed E-state index contributed by atoms with van der Waals surface area (Å²) in [6, 6.07) is 22.2. The number of amides is 3. The average molecular weight is 558 g/mol. The molecule has 0 aromatic heterocycles. The first-order valence-electron chi connectivity index (χ1n) is 13.6. The second-order valence-electron chi connectivity index (χ2n) is 9.59. The van der Waals surface area contributed by atoms with Gasteiger partial charge in [-0.05, 0) is 48.1 Å². The maximum absolute atomic E-state index is 13.0. The van der Waals surface area contributed by atoms with Crippen molar-refractivity contribution in [2.75, 3.05) is 25.6 Å². The van der Waals surface area contributed by atoms with Crippen LogP contribution in [0.25, 0.3) is 11.1 Å². The third-order valence-corrected chi connectivity index (χ3v) is 6.66. The smallest absolute Gasteiger partial charge is 0.408 e. The topological polar surface area (TPSA) is 115 Å². The number of ether oxygens (including phenoxy) is 3. The molecule has 0 spiro atoms. The van der Waals surface area contributed by atoms with Crippen LogP contribution in [0.5, 0.6) is 0 Å². The zero-order chi connectivity index (χ0) is 29.0. The van der Waals surface area contributed by atoms with E-state index < -0.39 is 24.3 Å². The molecule has 0 saturated carbocycles. The Kier molecular flexibility index (Phi) is 10.5. The van der Waals surface area contributed by atoms with Gasteiger partial charge in [0, 0.05) is 30.5 Å². The highest BCUT2D eigenvalue weighted by Gasteiger charge is 2.31. The molecule has 9 heteroatoms. The normalized spacial score (nSPS) is 12.4. The van der Waals surface area contributed by atoms with E-state index in [2.05, 4.69) is 22.5 Å². The van der Waals surface area contributed by atoms with E-state index in [-0.39, 0.29) is 12.5 Å². The lowest BCUT2D eigenvalue weighted by molar-refractivity contribution is -0.118. The lowest BCUT2D eigenvalue weighted by Crippen LogP contribution is -2.44. The van der Waals surface area contributed by atoms with Crippen molar-refractivity contribution in [3.63, 3.8) is 0 Å². The van der Waals surface area contributed by atoms with Gasteiger partial charge in [0.2, 0.25) is 5.91 Å². The highest BCUT2D eigenvalue weighted by atomic mass is 16.6. The first kappa shape index (κ1) is 29.4. The zero-order valence-electron chi connectivity index (χ0n) is 23.1. The van der Waals surface area contributed by atoms with E-state index in [1.54, 1.807) is 19.2 Å². The Hall–Kier alpha value is -4.63. The number of fused-ring (bicyclic) bond motifs is 3. The van der Waals surface area contributed by atoms with Gasteiger partial charge in [-0.15, -0.1) is 0 Å². The minimum atomic E-state index is -0.829. The van der Waals surface area contributed by atoms with E-state index in [0.29, 0.717) is 38.1 Å². The van der Waals surface area contributed by atoms with Crippen molar-refractivity contribution in [3.8, 4) is 11.1 Å². The highest BCUT2D eigenvalue weighted by molar-refractivity contribution is 5.96. The summed E-state index contributed by atoms with van der Waals surface area (Å²) in [6.45, 7) is 4.38. The minimum absolute atomic E-state index is 0.0309. The molecule has 0 heterocycles. The van der Waals surface area contributed by atoms with Crippen LogP contribution in [0.4, 0.5) is 15.3 Å².